The predicted molar refractivity (Wildman–Crippen MR) is 110 cm³/mol. The summed E-state index contributed by atoms with van der Waals surface area (Å²) >= 11 is 0. The van der Waals surface area contributed by atoms with E-state index in [4.69, 9.17) is 0 Å². The largest absolute Gasteiger partial charge is 0.376 e. The maximum absolute atomic E-state index is 12.1. The monoisotopic (exact) mass is 366 g/mol. The fourth-order valence-electron chi connectivity index (χ4n) is 3.03. The third kappa shape index (κ3) is 5.31. The highest BCUT2D eigenvalue weighted by Gasteiger charge is 2.14. The van der Waals surface area contributed by atoms with Crippen molar-refractivity contribution in [2.24, 2.45) is 0 Å². The lowest BCUT2D eigenvalue weighted by Gasteiger charge is -2.34. The van der Waals surface area contributed by atoms with Gasteiger partial charge in [-0.15, -0.1) is 0 Å². The Hall–Kier alpha value is -2.86. The topological polar surface area (TPSA) is 64.7 Å². The zero-order valence-electron chi connectivity index (χ0n) is 15.9. The van der Waals surface area contributed by atoms with E-state index in [2.05, 4.69) is 39.6 Å². The minimum absolute atomic E-state index is 0.0271. The van der Waals surface area contributed by atoms with Crippen molar-refractivity contribution in [1.29, 1.82) is 0 Å². The molecule has 1 aliphatic rings. The fraction of sp³-hybridized carbons (Fsp3) is 0.333. The Kier molecular flexibility index (Phi) is 6.08. The lowest BCUT2D eigenvalue weighted by molar-refractivity contribution is -0.114. The predicted octanol–water partition coefficient (Wildman–Crippen LogP) is 2.69. The van der Waals surface area contributed by atoms with E-state index in [-0.39, 0.29) is 18.2 Å². The molecule has 0 radical (unpaired) electrons. The van der Waals surface area contributed by atoms with E-state index in [1.807, 2.05) is 12.1 Å². The number of anilines is 3. The number of carbonyl (C=O) groups is 2. The zero-order chi connectivity index (χ0) is 19.2. The molecule has 1 fully saturated rings. The summed E-state index contributed by atoms with van der Waals surface area (Å²) in [5, 5.41) is 5.96. The van der Waals surface area contributed by atoms with Gasteiger partial charge in [-0.05, 0) is 62.5 Å². The average Bonchev–Trinajstić information content (AvgIpc) is 2.68. The number of hydrogen-bond donors (Lipinski definition) is 2. The van der Waals surface area contributed by atoms with Gasteiger partial charge in [0, 0.05) is 48.8 Å². The van der Waals surface area contributed by atoms with Gasteiger partial charge >= 0.3 is 0 Å². The van der Waals surface area contributed by atoms with Crippen LogP contribution in [-0.4, -0.2) is 56.4 Å². The number of Topliss-reactive ketones (excluding diaryl/α,β-unsaturated/α-hetero) is 1. The second-order valence-electron chi connectivity index (χ2n) is 6.87. The van der Waals surface area contributed by atoms with Crippen LogP contribution < -0.4 is 15.5 Å². The Bertz CT molecular complexity index is 779. The highest BCUT2D eigenvalue weighted by Crippen LogP contribution is 2.19. The van der Waals surface area contributed by atoms with Crippen LogP contribution in [0.5, 0.6) is 0 Å². The molecule has 6 nitrogen and oxygen atoms in total. The SMILES string of the molecule is CC(=O)c1ccc(NCC(=O)Nc2ccc(N3CCN(C)CC3)cc2)cc1. The molecule has 1 heterocycles. The van der Waals surface area contributed by atoms with Crippen molar-refractivity contribution in [2.75, 3.05) is 55.3 Å². The molecule has 27 heavy (non-hydrogen) atoms. The maximum Gasteiger partial charge on any atom is 0.243 e. The van der Waals surface area contributed by atoms with Crippen LogP contribution in [0.1, 0.15) is 17.3 Å². The third-order valence-corrected chi connectivity index (χ3v) is 4.76. The van der Waals surface area contributed by atoms with Gasteiger partial charge in [-0.3, -0.25) is 9.59 Å². The first-order valence-corrected chi connectivity index (χ1v) is 9.19. The van der Waals surface area contributed by atoms with Gasteiger partial charge in [0.1, 0.15) is 0 Å². The van der Waals surface area contributed by atoms with Crippen LogP contribution in [0, 0.1) is 0 Å². The Morgan fingerprint density at radius 3 is 2.07 bits per heavy atom. The number of ketones is 1. The van der Waals surface area contributed by atoms with Crippen molar-refractivity contribution in [2.45, 2.75) is 6.92 Å². The molecule has 2 N–H and O–H groups in total. The molecule has 0 aromatic heterocycles. The molecular weight excluding hydrogens is 340 g/mol. The summed E-state index contributed by atoms with van der Waals surface area (Å²) in [6.45, 7) is 5.88. The number of hydrogen-bond acceptors (Lipinski definition) is 5. The van der Waals surface area contributed by atoms with Crippen LogP contribution in [0.3, 0.4) is 0 Å². The molecule has 2 aromatic carbocycles. The summed E-state index contributed by atoms with van der Waals surface area (Å²) in [5.41, 5.74) is 3.43. The summed E-state index contributed by atoms with van der Waals surface area (Å²) < 4.78 is 0. The van der Waals surface area contributed by atoms with Crippen LogP contribution >= 0.6 is 0 Å². The molecule has 0 bridgehead atoms. The number of rotatable bonds is 6. The van der Waals surface area contributed by atoms with Gasteiger partial charge in [0.05, 0.1) is 6.54 Å². The number of likely N-dealkylation sites (N-methyl/N-ethyl adjacent to an activating group) is 1. The molecule has 0 aliphatic carbocycles. The maximum atomic E-state index is 12.1. The summed E-state index contributed by atoms with van der Waals surface area (Å²) in [4.78, 5) is 28.1. The van der Waals surface area contributed by atoms with Gasteiger partial charge < -0.3 is 20.4 Å². The van der Waals surface area contributed by atoms with E-state index in [1.165, 1.54) is 12.6 Å². The summed E-state index contributed by atoms with van der Waals surface area (Å²) in [5.74, 6) is -0.0858. The van der Waals surface area contributed by atoms with Crippen molar-refractivity contribution in [1.82, 2.24) is 4.90 Å². The van der Waals surface area contributed by atoms with Gasteiger partial charge in [-0.1, -0.05) is 0 Å². The van der Waals surface area contributed by atoms with Crippen molar-refractivity contribution in [3.63, 3.8) is 0 Å². The normalized spacial score (nSPS) is 14.7. The highest BCUT2D eigenvalue weighted by atomic mass is 16.2. The minimum Gasteiger partial charge on any atom is -0.376 e. The van der Waals surface area contributed by atoms with Crippen molar-refractivity contribution < 1.29 is 9.59 Å². The van der Waals surface area contributed by atoms with Gasteiger partial charge in [0.15, 0.2) is 5.78 Å². The first kappa shape index (κ1) is 18.9. The molecule has 0 atom stereocenters. The lowest BCUT2D eigenvalue weighted by Crippen LogP contribution is -2.44. The number of amides is 1. The second-order valence-corrected chi connectivity index (χ2v) is 6.87. The van der Waals surface area contributed by atoms with E-state index >= 15 is 0 Å². The van der Waals surface area contributed by atoms with Crippen molar-refractivity contribution in [3.8, 4) is 0 Å². The highest BCUT2D eigenvalue weighted by molar-refractivity contribution is 5.95. The number of nitrogens with zero attached hydrogens (tertiary/aromatic N) is 2. The molecule has 1 aliphatic heterocycles. The molecule has 1 saturated heterocycles. The minimum atomic E-state index is -0.113. The molecule has 1 amide bonds. The van der Waals surface area contributed by atoms with Gasteiger partial charge in [0.2, 0.25) is 5.91 Å². The van der Waals surface area contributed by atoms with Crippen LogP contribution in [0.25, 0.3) is 0 Å². The summed E-state index contributed by atoms with van der Waals surface area (Å²) in [6, 6.07) is 15.1. The Morgan fingerprint density at radius 1 is 0.889 bits per heavy atom. The second kappa shape index (κ2) is 8.68. The molecular formula is C21H26N4O2. The molecule has 0 spiro atoms. The number of benzene rings is 2. The number of nitrogens with one attached hydrogen (secondary N) is 2. The standard InChI is InChI=1S/C21H26N4O2/c1-16(26)17-3-5-18(6-4-17)22-15-21(27)23-19-7-9-20(10-8-19)25-13-11-24(2)12-14-25/h3-10,22H,11-15H2,1-2H3,(H,23,27). The molecule has 2 aromatic rings. The first-order valence-electron chi connectivity index (χ1n) is 9.19. The van der Waals surface area contributed by atoms with Crippen molar-refractivity contribution >= 4 is 28.8 Å². The zero-order valence-corrected chi connectivity index (χ0v) is 15.9. The lowest BCUT2D eigenvalue weighted by atomic mass is 10.1. The molecule has 142 valence electrons. The van der Waals surface area contributed by atoms with Crippen LogP contribution in [0.15, 0.2) is 48.5 Å². The smallest absolute Gasteiger partial charge is 0.243 e. The van der Waals surface area contributed by atoms with Gasteiger partial charge in [-0.2, -0.15) is 0 Å². The molecule has 0 saturated carbocycles. The Morgan fingerprint density at radius 2 is 1.48 bits per heavy atom. The van der Waals surface area contributed by atoms with E-state index in [9.17, 15) is 9.59 Å². The molecule has 6 heteroatoms. The van der Waals surface area contributed by atoms with Crippen LogP contribution in [0.2, 0.25) is 0 Å². The molecule has 3 rings (SSSR count). The Labute approximate surface area is 160 Å². The van der Waals surface area contributed by atoms with E-state index in [0.717, 1.165) is 37.6 Å². The van der Waals surface area contributed by atoms with Crippen LogP contribution in [-0.2, 0) is 4.79 Å². The summed E-state index contributed by atoms with van der Waals surface area (Å²) in [6.07, 6.45) is 0. The third-order valence-electron chi connectivity index (χ3n) is 4.76. The summed E-state index contributed by atoms with van der Waals surface area (Å²) in [7, 11) is 2.14. The number of carbonyl (C=O) groups excluding carboxylic acids is 2. The quantitative estimate of drug-likeness (QED) is 0.770. The average molecular weight is 366 g/mol. The Balaban J connectivity index is 1.48. The van der Waals surface area contributed by atoms with Crippen LogP contribution in [0.4, 0.5) is 17.1 Å². The fourth-order valence-corrected chi connectivity index (χ4v) is 3.03. The van der Waals surface area contributed by atoms with E-state index < -0.39 is 0 Å². The van der Waals surface area contributed by atoms with Gasteiger partial charge in [0.25, 0.3) is 0 Å². The molecule has 0 unspecified atom stereocenters. The first-order chi connectivity index (χ1) is 13.0. The number of piperazine rings is 1. The van der Waals surface area contributed by atoms with E-state index in [1.54, 1.807) is 24.3 Å². The van der Waals surface area contributed by atoms with Crippen molar-refractivity contribution in [3.05, 3.63) is 54.1 Å². The van der Waals surface area contributed by atoms with Gasteiger partial charge in [-0.25, -0.2) is 0 Å². The van der Waals surface area contributed by atoms with E-state index in [0.29, 0.717) is 5.56 Å².